The van der Waals surface area contributed by atoms with Crippen molar-refractivity contribution in [2.24, 2.45) is 0 Å². The first-order valence-corrected chi connectivity index (χ1v) is 6.58. The number of rotatable bonds is 3. The molecule has 0 saturated heterocycles. The summed E-state index contributed by atoms with van der Waals surface area (Å²) >= 11 is 0. The van der Waals surface area contributed by atoms with E-state index in [9.17, 15) is 9.90 Å². The Labute approximate surface area is 108 Å². The van der Waals surface area contributed by atoms with Gasteiger partial charge in [0.2, 0.25) is 5.91 Å². The second-order valence-electron chi connectivity index (χ2n) is 5.46. The van der Waals surface area contributed by atoms with Crippen molar-refractivity contribution in [2.45, 2.75) is 51.6 Å². The zero-order chi connectivity index (χ0) is 13.2. The maximum Gasteiger partial charge on any atom is 0.227 e. The van der Waals surface area contributed by atoms with Gasteiger partial charge in [-0.3, -0.25) is 4.79 Å². The Balaban J connectivity index is 1.96. The van der Waals surface area contributed by atoms with Gasteiger partial charge in [-0.05, 0) is 49.9 Å². The fourth-order valence-corrected chi connectivity index (χ4v) is 2.53. The summed E-state index contributed by atoms with van der Waals surface area (Å²) < 4.78 is 0. The van der Waals surface area contributed by atoms with E-state index in [0.29, 0.717) is 0 Å². The van der Waals surface area contributed by atoms with Crippen molar-refractivity contribution in [3.05, 3.63) is 29.3 Å². The van der Waals surface area contributed by atoms with Gasteiger partial charge in [0.25, 0.3) is 0 Å². The maximum absolute atomic E-state index is 11.9. The third kappa shape index (κ3) is 3.10. The molecule has 0 aromatic heterocycles. The normalized spacial score (nSPS) is 17.7. The van der Waals surface area contributed by atoms with Crippen LogP contribution in [0.15, 0.2) is 18.2 Å². The van der Waals surface area contributed by atoms with Gasteiger partial charge < -0.3 is 10.4 Å². The van der Waals surface area contributed by atoms with E-state index in [-0.39, 0.29) is 12.3 Å². The zero-order valence-corrected chi connectivity index (χ0v) is 11.1. The SMILES string of the molecule is Cc1ccc(NC(=O)CC2(O)CCCC2)cc1C. The van der Waals surface area contributed by atoms with E-state index in [1.165, 1.54) is 5.56 Å². The maximum atomic E-state index is 11.9. The molecule has 1 aromatic rings. The lowest BCUT2D eigenvalue weighted by Crippen LogP contribution is -2.30. The van der Waals surface area contributed by atoms with E-state index in [4.69, 9.17) is 0 Å². The van der Waals surface area contributed by atoms with Gasteiger partial charge in [-0.2, -0.15) is 0 Å². The summed E-state index contributed by atoms with van der Waals surface area (Å²) in [7, 11) is 0. The Hall–Kier alpha value is -1.35. The van der Waals surface area contributed by atoms with E-state index in [1.54, 1.807) is 0 Å². The Morgan fingerprint density at radius 2 is 1.94 bits per heavy atom. The summed E-state index contributed by atoms with van der Waals surface area (Å²) in [5, 5.41) is 13.0. The number of carbonyl (C=O) groups excluding carboxylic acids is 1. The average molecular weight is 247 g/mol. The second kappa shape index (κ2) is 5.11. The number of anilines is 1. The largest absolute Gasteiger partial charge is 0.389 e. The molecule has 98 valence electrons. The zero-order valence-electron chi connectivity index (χ0n) is 11.1. The molecule has 3 heteroatoms. The van der Waals surface area contributed by atoms with Crippen molar-refractivity contribution < 1.29 is 9.90 Å². The molecule has 0 radical (unpaired) electrons. The molecular formula is C15H21NO2. The number of carbonyl (C=O) groups is 1. The van der Waals surface area contributed by atoms with Crippen molar-refractivity contribution >= 4 is 11.6 Å². The summed E-state index contributed by atoms with van der Waals surface area (Å²) in [6.07, 6.45) is 3.74. The average Bonchev–Trinajstić information content (AvgIpc) is 2.70. The molecule has 0 atom stereocenters. The van der Waals surface area contributed by atoms with Gasteiger partial charge in [-0.15, -0.1) is 0 Å². The Kier molecular flexibility index (Phi) is 3.71. The van der Waals surface area contributed by atoms with Crippen LogP contribution in [0.3, 0.4) is 0 Å². The summed E-state index contributed by atoms with van der Waals surface area (Å²) in [5.74, 6) is -0.0948. The molecule has 0 unspecified atom stereocenters. The predicted molar refractivity (Wildman–Crippen MR) is 72.6 cm³/mol. The van der Waals surface area contributed by atoms with Gasteiger partial charge >= 0.3 is 0 Å². The number of benzene rings is 1. The molecule has 1 aliphatic carbocycles. The first-order valence-electron chi connectivity index (χ1n) is 6.58. The minimum atomic E-state index is -0.774. The molecule has 1 saturated carbocycles. The number of aryl methyl sites for hydroxylation is 2. The lowest BCUT2D eigenvalue weighted by Gasteiger charge is -2.21. The molecule has 2 N–H and O–H groups in total. The molecule has 0 spiro atoms. The van der Waals surface area contributed by atoms with Crippen LogP contribution in [0.4, 0.5) is 5.69 Å². The minimum absolute atomic E-state index is 0.0948. The molecule has 3 nitrogen and oxygen atoms in total. The highest BCUT2D eigenvalue weighted by atomic mass is 16.3. The van der Waals surface area contributed by atoms with E-state index >= 15 is 0 Å². The second-order valence-corrected chi connectivity index (χ2v) is 5.46. The molecule has 2 rings (SSSR count). The Morgan fingerprint density at radius 3 is 2.56 bits per heavy atom. The Morgan fingerprint density at radius 1 is 1.28 bits per heavy atom. The molecule has 1 aromatic carbocycles. The van der Waals surface area contributed by atoms with E-state index in [2.05, 4.69) is 5.32 Å². The van der Waals surface area contributed by atoms with Crippen LogP contribution < -0.4 is 5.32 Å². The van der Waals surface area contributed by atoms with Gasteiger partial charge in [-0.25, -0.2) is 0 Å². The fraction of sp³-hybridized carbons (Fsp3) is 0.533. The van der Waals surface area contributed by atoms with Crippen LogP contribution in [0.1, 0.15) is 43.2 Å². The summed E-state index contributed by atoms with van der Waals surface area (Å²) in [6, 6.07) is 5.86. The van der Waals surface area contributed by atoms with Crippen LogP contribution in [0.5, 0.6) is 0 Å². The quantitative estimate of drug-likeness (QED) is 0.862. The van der Waals surface area contributed by atoms with Crippen molar-refractivity contribution in [1.29, 1.82) is 0 Å². The predicted octanol–water partition coefficient (Wildman–Crippen LogP) is 2.94. The Bertz CT molecular complexity index is 448. The topological polar surface area (TPSA) is 49.3 Å². The van der Waals surface area contributed by atoms with Crippen molar-refractivity contribution in [3.8, 4) is 0 Å². The molecular weight excluding hydrogens is 226 g/mol. The van der Waals surface area contributed by atoms with Crippen LogP contribution in [-0.4, -0.2) is 16.6 Å². The highest BCUT2D eigenvalue weighted by molar-refractivity contribution is 5.91. The highest BCUT2D eigenvalue weighted by Crippen LogP contribution is 2.32. The monoisotopic (exact) mass is 247 g/mol. The van der Waals surface area contributed by atoms with Crippen LogP contribution in [0, 0.1) is 13.8 Å². The summed E-state index contributed by atoms with van der Waals surface area (Å²) in [4.78, 5) is 11.9. The third-order valence-corrected chi connectivity index (χ3v) is 3.81. The molecule has 18 heavy (non-hydrogen) atoms. The van der Waals surface area contributed by atoms with Crippen LogP contribution >= 0.6 is 0 Å². The third-order valence-electron chi connectivity index (χ3n) is 3.81. The van der Waals surface area contributed by atoms with Crippen LogP contribution in [0.25, 0.3) is 0 Å². The number of hydrogen-bond donors (Lipinski definition) is 2. The van der Waals surface area contributed by atoms with Crippen molar-refractivity contribution in [1.82, 2.24) is 0 Å². The molecule has 1 amide bonds. The molecule has 0 bridgehead atoms. The van der Waals surface area contributed by atoms with Gasteiger partial charge in [0, 0.05) is 5.69 Å². The van der Waals surface area contributed by atoms with Gasteiger partial charge in [0.05, 0.1) is 12.0 Å². The van der Waals surface area contributed by atoms with Crippen molar-refractivity contribution in [2.75, 3.05) is 5.32 Å². The standard InChI is InChI=1S/C15H21NO2/c1-11-5-6-13(9-12(11)2)16-14(17)10-15(18)7-3-4-8-15/h5-6,9,18H,3-4,7-8,10H2,1-2H3,(H,16,17). The molecule has 0 heterocycles. The van der Waals surface area contributed by atoms with E-state index in [0.717, 1.165) is 36.9 Å². The summed E-state index contributed by atoms with van der Waals surface area (Å²) in [5.41, 5.74) is 2.41. The lowest BCUT2D eigenvalue weighted by atomic mass is 9.97. The van der Waals surface area contributed by atoms with Crippen LogP contribution in [0.2, 0.25) is 0 Å². The first-order chi connectivity index (χ1) is 8.48. The number of amides is 1. The summed E-state index contributed by atoms with van der Waals surface area (Å²) in [6.45, 7) is 4.07. The van der Waals surface area contributed by atoms with Crippen molar-refractivity contribution in [3.63, 3.8) is 0 Å². The van der Waals surface area contributed by atoms with E-state index < -0.39 is 5.60 Å². The lowest BCUT2D eigenvalue weighted by molar-refractivity contribution is -0.120. The van der Waals surface area contributed by atoms with Gasteiger partial charge in [0.15, 0.2) is 0 Å². The number of hydrogen-bond acceptors (Lipinski definition) is 2. The minimum Gasteiger partial charge on any atom is -0.389 e. The number of aliphatic hydroxyl groups is 1. The molecule has 1 fully saturated rings. The highest BCUT2D eigenvalue weighted by Gasteiger charge is 2.33. The fourth-order valence-electron chi connectivity index (χ4n) is 2.53. The van der Waals surface area contributed by atoms with Gasteiger partial charge in [0.1, 0.15) is 0 Å². The first kappa shape index (κ1) is 13.1. The van der Waals surface area contributed by atoms with Crippen LogP contribution in [-0.2, 0) is 4.79 Å². The number of nitrogens with one attached hydrogen (secondary N) is 1. The van der Waals surface area contributed by atoms with Gasteiger partial charge in [-0.1, -0.05) is 18.9 Å². The van der Waals surface area contributed by atoms with E-state index in [1.807, 2.05) is 32.0 Å². The smallest absolute Gasteiger partial charge is 0.227 e. The molecule has 0 aliphatic heterocycles. The molecule has 1 aliphatic rings.